The van der Waals surface area contributed by atoms with Gasteiger partial charge < -0.3 is 20.0 Å². The van der Waals surface area contributed by atoms with E-state index in [4.69, 9.17) is 5.10 Å². The number of benzene rings is 3. The third kappa shape index (κ3) is 5.42. The number of carbonyl (C=O) groups is 3. The predicted molar refractivity (Wildman–Crippen MR) is 159 cm³/mol. The molecule has 2 aliphatic rings. The fourth-order valence-corrected chi connectivity index (χ4v) is 6.05. The molecule has 6 rings (SSSR count). The largest absolute Gasteiger partial charge is 0.508 e. The van der Waals surface area contributed by atoms with Crippen LogP contribution in [-0.4, -0.2) is 89.6 Å². The van der Waals surface area contributed by atoms with E-state index < -0.39 is 18.3 Å². The summed E-state index contributed by atoms with van der Waals surface area (Å²) < 4.78 is 1.91. The molecule has 220 valence electrons. The molecule has 2 N–H and O–H groups in total. The van der Waals surface area contributed by atoms with Crippen molar-refractivity contribution in [3.8, 4) is 5.75 Å². The lowest BCUT2D eigenvalue weighted by molar-refractivity contribution is -0.192. The summed E-state index contributed by atoms with van der Waals surface area (Å²) in [6, 6.07) is 23.3. The summed E-state index contributed by atoms with van der Waals surface area (Å²) in [5, 5.41) is 28.4. The van der Waals surface area contributed by atoms with Gasteiger partial charge >= 0.3 is 6.09 Å². The van der Waals surface area contributed by atoms with Gasteiger partial charge in [0.25, 0.3) is 0 Å². The first kappa shape index (κ1) is 28.0. The number of carbonyl (C=O) groups excluding carboxylic acids is 2. The molecule has 0 spiro atoms. The fourth-order valence-electron chi connectivity index (χ4n) is 6.05. The zero-order valence-electron chi connectivity index (χ0n) is 23.5. The van der Waals surface area contributed by atoms with Crippen LogP contribution >= 0.6 is 0 Å². The molecule has 1 aromatic heterocycles. The number of hydrogen-bond donors (Lipinski definition) is 2. The molecule has 2 atom stereocenters. The van der Waals surface area contributed by atoms with Gasteiger partial charge in [0, 0.05) is 18.4 Å². The van der Waals surface area contributed by atoms with Gasteiger partial charge in [0.2, 0.25) is 11.8 Å². The molecule has 4 aromatic rings. The van der Waals surface area contributed by atoms with E-state index in [0.717, 1.165) is 27.0 Å². The molecule has 43 heavy (non-hydrogen) atoms. The highest BCUT2D eigenvalue weighted by Gasteiger charge is 2.51. The number of nitrogens with zero attached hydrogens (tertiary/aromatic N) is 6. The number of aromatic hydroxyl groups is 1. The molecule has 3 aromatic carbocycles. The maximum absolute atomic E-state index is 14.2. The number of phenolic OH excluding ortho intramolecular Hbond substituents is 1. The van der Waals surface area contributed by atoms with Crippen LogP contribution in [-0.2, 0) is 29.1 Å². The summed E-state index contributed by atoms with van der Waals surface area (Å²) >= 11 is 0. The smallest absolute Gasteiger partial charge is 0.424 e. The number of hydrogen-bond acceptors (Lipinski definition) is 6. The van der Waals surface area contributed by atoms with Crippen LogP contribution in [0.15, 0.2) is 91.5 Å². The van der Waals surface area contributed by atoms with E-state index in [-0.39, 0.29) is 50.2 Å². The molecular weight excluding hydrogens is 548 g/mol. The van der Waals surface area contributed by atoms with Gasteiger partial charge in [0.05, 0.1) is 37.4 Å². The molecule has 3 amide bonds. The Morgan fingerprint density at radius 1 is 0.953 bits per heavy atom. The normalized spacial score (nSPS) is 19.1. The minimum Gasteiger partial charge on any atom is -0.508 e. The van der Waals surface area contributed by atoms with Crippen LogP contribution in [0.2, 0.25) is 0 Å². The van der Waals surface area contributed by atoms with Gasteiger partial charge in [-0.15, -0.1) is 6.58 Å². The molecule has 0 unspecified atom stereocenters. The van der Waals surface area contributed by atoms with Crippen LogP contribution in [0.3, 0.4) is 0 Å². The van der Waals surface area contributed by atoms with Gasteiger partial charge in [-0.25, -0.2) is 14.8 Å². The van der Waals surface area contributed by atoms with E-state index >= 15 is 0 Å². The fraction of sp³-hybridized carbons (Fsp3) is 0.250. The topological polar surface area (TPSA) is 122 Å². The van der Waals surface area contributed by atoms with Crippen LogP contribution in [0, 0.1) is 0 Å². The van der Waals surface area contributed by atoms with Gasteiger partial charge in [0.1, 0.15) is 18.0 Å². The minimum atomic E-state index is -1.22. The Hall–Kier alpha value is -5.16. The van der Waals surface area contributed by atoms with Crippen LogP contribution in [0.25, 0.3) is 10.9 Å². The average Bonchev–Trinajstić information content (AvgIpc) is 3.33. The summed E-state index contributed by atoms with van der Waals surface area (Å²) in [7, 11) is 0. The molecule has 0 saturated carbocycles. The molecule has 3 heterocycles. The Balaban J connectivity index is 1.38. The van der Waals surface area contributed by atoms with E-state index in [1.54, 1.807) is 23.1 Å². The molecule has 2 fully saturated rings. The number of hydrazine groups is 1. The lowest BCUT2D eigenvalue weighted by Crippen LogP contribution is -2.75. The second-order valence-electron chi connectivity index (χ2n) is 10.8. The number of carboxylic acid groups (broad SMARTS) is 1. The quantitative estimate of drug-likeness (QED) is 0.307. The van der Waals surface area contributed by atoms with E-state index in [9.17, 15) is 24.6 Å². The van der Waals surface area contributed by atoms with E-state index in [1.807, 2.05) is 59.3 Å². The van der Waals surface area contributed by atoms with Crippen molar-refractivity contribution in [2.24, 2.45) is 0 Å². The van der Waals surface area contributed by atoms with Crippen molar-refractivity contribution in [3.05, 3.63) is 108 Å². The molecule has 11 nitrogen and oxygen atoms in total. The lowest BCUT2D eigenvalue weighted by Gasteiger charge is -2.54. The summed E-state index contributed by atoms with van der Waals surface area (Å²) in [6.07, 6.45) is -0.448. The third-order valence-electron chi connectivity index (χ3n) is 7.98. The Morgan fingerprint density at radius 2 is 1.67 bits per heavy atom. The van der Waals surface area contributed by atoms with Gasteiger partial charge in [0.15, 0.2) is 0 Å². The molecule has 0 bridgehead atoms. The van der Waals surface area contributed by atoms with Crippen molar-refractivity contribution < 1.29 is 24.6 Å². The lowest BCUT2D eigenvalue weighted by atomic mass is 9.98. The second kappa shape index (κ2) is 11.6. The summed E-state index contributed by atoms with van der Waals surface area (Å²) in [5.74, 6) is -0.539. The van der Waals surface area contributed by atoms with Crippen molar-refractivity contribution >= 4 is 28.8 Å². The number of fused-ring (bicyclic) bond motifs is 2. The monoisotopic (exact) mass is 580 g/mol. The number of aromatic nitrogens is 2. The zero-order valence-corrected chi connectivity index (χ0v) is 23.5. The Morgan fingerprint density at radius 3 is 2.40 bits per heavy atom. The van der Waals surface area contributed by atoms with Crippen molar-refractivity contribution in [1.29, 1.82) is 0 Å². The van der Waals surface area contributed by atoms with Gasteiger partial charge in [-0.1, -0.05) is 66.7 Å². The van der Waals surface area contributed by atoms with Gasteiger partial charge in [-0.2, -0.15) is 5.10 Å². The van der Waals surface area contributed by atoms with Gasteiger partial charge in [-0.05, 0) is 29.3 Å². The highest BCUT2D eigenvalue weighted by Crippen LogP contribution is 2.30. The molecule has 0 aliphatic carbocycles. The molecular formula is C32H32N6O5. The average molecular weight is 581 g/mol. The summed E-state index contributed by atoms with van der Waals surface area (Å²) in [4.78, 5) is 43.3. The van der Waals surface area contributed by atoms with Crippen LogP contribution in [0.4, 0.5) is 4.79 Å². The first-order valence-electron chi connectivity index (χ1n) is 14.1. The first-order chi connectivity index (χ1) is 20.8. The highest BCUT2D eigenvalue weighted by atomic mass is 16.4. The van der Waals surface area contributed by atoms with Crippen LogP contribution in [0.1, 0.15) is 16.8 Å². The number of phenols is 1. The predicted octanol–water partition coefficient (Wildman–Crippen LogP) is 3.30. The second-order valence-corrected chi connectivity index (χ2v) is 10.8. The molecule has 0 radical (unpaired) electrons. The van der Waals surface area contributed by atoms with Crippen molar-refractivity contribution in [1.82, 2.24) is 29.6 Å². The number of amides is 3. The van der Waals surface area contributed by atoms with Crippen molar-refractivity contribution in [2.75, 3.05) is 19.6 Å². The molecule has 2 aliphatic heterocycles. The van der Waals surface area contributed by atoms with E-state index in [1.165, 1.54) is 22.0 Å². The van der Waals surface area contributed by atoms with E-state index in [0.29, 0.717) is 12.2 Å². The van der Waals surface area contributed by atoms with Crippen molar-refractivity contribution in [2.45, 2.75) is 31.7 Å². The summed E-state index contributed by atoms with van der Waals surface area (Å²) in [5.41, 5.74) is 3.42. The van der Waals surface area contributed by atoms with Crippen LogP contribution < -0.4 is 0 Å². The third-order valence-corrected chi connectivity index (χ3v) is 7.98. The minimum absolute atomic E-state index is 0.0174. The zero-order chi connectivity index (χ0) is 30.1. The standard InChI is InChI=1S/C32H32N6O5/c1-2-16-35-21-30(40)37-28(17-22-12-14-24(39)15-13-22)31(41)34(20-29(37)38(35)32(42)43)19-26-25-10-6-7-11-27(25)36(33-26)18-23-8-4-3-5-9-23/h2-15,28-29,39H,1,16-21H2,(H,42,43)/t28-,29-/m0/s1. The van der Waals surface area contributed by atoms with Gasteiger partial charge in [-0.3, -0.25) is 14.3 Å². The number of para-hydroxylation sites is 1. The Kier molecular flexibility index (Phi) is 7.56. The molecule has 2 saturated heterocycles. The maximum Gasteiger partial charge on any atom is 0.424 e. The maximum atomic E-state index is 14.2. The Bertz CT molecular complexity index is 1670. The van der Waals surface area contributed by atoms with Crippen molar-refractivity contribution in [3.63, 3.8) is 0 Å². The highest BCUT2D eigenvalue weighted by molar-refractivity contribution is 5.92. The first-order valence-corrected chi connectivity index (χ1v) is 14.1. The van der Waals surface area contributed by atoms with Crippen LogP contribution in [0.5, 0.6) is 5.75 Å². The van der Waals surface area contributed by atoms with E-state index in [2.05, 4.69) is 6.58 Å². The summed E-state index contributed by atoms with van der Waals surface area (Å²) in [6.45, 7) is 4.36. The number of piperazine rings is 1. The Labute approximate surface area is 248 Å². The molecule has 11 heteroatoms. The SMILES string of the molecule is C=CCN1CC(=O)N2[C@@H](Cc3ccc(O)cc3)C(=O)N(Cc3nn(Cc4ccccc4)c4ccccc34)C[C@@H]2N1C(=O)O. The number of rotatable bonds is 8.